The van der Waals surface area contributed by atoms with Gasteiger partial charge in [-0.1, -0.05) is 37.5 Å². The minimum atomic E-state index is 0.257. The maximum Gasteiger partial charge on any atom is 0.141 e. The Labute approximate surface area is 213 Å². The Kier molecular flexibility index (Phi) is 9.64. The standard InChI is InChI=1S/C30H34N4O2/c1-6-23-15-12-16-24(17-23)34-30-26-18-25(29(36-5)19-28(26)31-20-32-30)27(7-2)33-21(3)13-10-8-9-11-14-22(4)35/h1,7,12,15-20,33H,3,8-11,13-14H2,2,4-5H3,(H,31,32,34)/b27-7-. The molecule has 0 fully saturated rings. The zero-order valence-corrected chi connectivity index (χ0v) is 21.4. The first-order chi connectivity index (χ1) is 17.4. The summed E-state index contributed by atoms with van der Waals surface area (Å²) >= 11 is 0. The van der Waals surface area contributed by atoms with Crippen molar-refractivity contribution in [1.82, 2.24) is 15.3 Å². The summed E-state index contributed by atoms with van der Waals surface area (Å²) in [5, 5.41) is 7.69. The Morgan fingerprint density at radius 2 is 1.92 bits per heavy atom. The molecule has 0 aliphatic heterocycles. The molecule has 6 nitrogen and oxygen atoms in total. The fourth-order valence-electron chi connectivity index (χ4n) is 4.00. The average molecular weight is 483 g/mol. The van der Waals surface area contributed by atoms with Gasteiger partial charge in [0, 0.05) is 46.1 Å². The maximum atomic E-state index is 11.1. The van der Waals surface area contributed by atoms with Gasteiger partial charge in [0.1, 0.15) is 23.7 Å². The van der Waals surface area contributed by atoms with Crippen molar-refractivity contribution in [2.24, 2.45) is 0 Å². The second-order valence-electron chi connectivity index (χ2n) is 8.69. The fraction of sp³-hybridized carbons (Fsp3) is 0.300. The quantitative estimate of drug-likeness (QED) is 0.207. The van der Waals surface area contributed by atoms with E-state index in [4.69, 9.17) is 11.2 Å². The zero-order chi connectivity index (χ0) is 25.9. The number of ketones is 1. The second kappa shape index (κ2) is 13.1. The molecule has 3 aromatic rings. The van der Waals surface area contributed by atoms with Gasteiger partial charge >= 0.3 is 0 Å². The number of allylic oxidation sites excluding steroid dienone is 2. The van der Waals surface area contributed by atoms with E-state index in [0.717, 1.165) is 71.2 Å². The molecule has 0 aliphatic carbocycles. The number of hydrogen-bond acceptors (Lipinski definition) is 6. The average Bonchev–Trinajstić information content (AvgIpc) is 2.88. The Morgan fingerprint density at radius 3 is 2.61 bits per heavy atom. The summed E-state index contributed by atoms with van der Waals surface area (Å²) < 4.78 is 5.71. The van der Waals surface area contributed by atoms with Gasteiger partial charge in [-0.25, -0.2) is 9.97 Å². The van der Waals surface area contributed by atoms with Crippen LogP contribution in [-0.4, -0.2) is 22.9 Å². The number of nitrogens with one attached hydrogen (secondary N) is 2. The van der Waals surface area contributed by atoms with E-state index in [9.17, 15) is 4.79 Å². The van der Waals surface area contributed by atoms with Crippen molar-refractivity contribution in [3.05, 3.63) is 72.2 Å². The van der Waals surface area contributed by atoms with E-state index in [2.05, 4.69) is 33.1 Å². The van der Waals surface area contributed by atoms with Crippen molar-refractivity contribution < 1.29 is 9.53 Å². The van der Waals surface area contributed by atoms with Gasteiger partial charge in [0.2, 0.25) is 0 Å². The third kappa shape index (κ3) is 7.19. The molecule has 0 spiro atoms. The molecular weight excluding hydrogens is 448 g/mol. The number of ether oxygens (including phenoxy) is 1. The lowest BCUT2D eigenvalue weighted by atomic mass is 10.0. The topological polar surface area (TPSA) is 76.1 Å². The largest absolute Gasteiger partial charge is 0.496 e. The highest BCUT2D eigenvalue weighted by Gasteiger charge is 2.14. The number of anilines is 2. The molecule has 2 aromatic carbocycles. The van der Waals surface area contributed by atoms with E-state index in [1.54, 1.807) is 14.0 Å². The fourth-order valence-corrected chi connectivity index (χ4v) is 4.00. The van der Waals surface area contributed by atoms with Crippen molar-refractivity contribution >= 4 is 33.9 Å². The lowest BCUT2D eigenvalue weighted by Crippen LogP contribution is -2.12. The molecule has 0 saturated carbocycles. The summed E-state index contributed by atoms with van der Waals surface area (Å²) in [4.78, 5) is 20.0. The van der Waals surface area contributed by atoms with Crippen LogP contribution in [-0.2, 0) is 4.79 Å². The summed E-state index contributed by atoms with van der Waals surface area (Å²) in [6, 6.07) is 11.6. The van der Waals surface area contributed by atoms with E-state index in [1.807, 2.05) is 49.4 Å². The predicted molar refractivity (Wildman–Crippen MR) is 148 cm³/mol. The van der Waals surface area contributed by atoms with Crippen LogP contribution in [0.25, 0.3) is 16.6 Å². The van der Waals surface area contributed by atoms with E-state index in [0.29, 0.717) is 18.0 Å². The molecule has 3 rings (SSSR count). The molecule has 0 radical (unpaired) electrons. The van der Waals surface area contributed by atoms with Gasteiger partial charge in [0.05, 0.1) is 12.6 Å². The molecule has 0 unspecified atom stereocenters. The van der Waals surface area contributed by atoms with Crippen LogP contribution in [0.5, 0.6) is 5.75 Å². The van der Waals surface area contributed by atoms with Crippen molar-refractivity contribution in [1.29, 1.82) is 0 Å². The van der Waals surface area contributed by atoms with Crippen LogP contribution in [0, 0.1) is 12.3 Å². The highest BCUT2D eigenvalue weighted by Crippen LogP contribution is 2.33. The van der Waals surface area contributed by atoms with Gasteiger partial charge in [0.15, 0.2) is 0 Å². The second-order valence-corrected chi connectivity index (χ2v) is 8.69. The van der Waals surface area contributed by atoms with E-state index < -0.39 is 0 Å². The minimum absolute atomic E-state index is 0.257. The summed E-state index contributed by atoms with van der Waals surface area (Å²) in [7, 11) is 1.65. The van der Waals surface area contributed by atoms with E-state index in [-0.39, 0.29) is 5.78 Å². The Morgan fingerprint density at radius 1 is 1.14 bits per heavy atom. The summed E-state index contributed by atoms with van der Waals surface area (Å²) in [6.45, 7) is 7.85. The Hall–Kier alpha value is -4.11. The van der Waals surface area contributed by atoms with Crippen LogP contribution in [0.1, 0.15) is 63.5 Å². The third-order valence-corrected chi connectivity index (χ3v) is 5.90. The highest BCUT2D eigenvalue weighted by molar-refractivity contribution is 5.94. The number of hydrogen-bond donors (Lipinski definition) is 2. The molecule has 0 atom stereocenters. The highest BCUT2D eigenvalue weighted by atomic mass is 16.5. The molecule has 36 heavy (non-hydrogen) atoms. The molecule has 6 heteroatoms. The van der Waals surface area contributed by atoms with Crippen LogP contribution in [0.3, 0.4) is 0 Å². The molecule has 1 aromatic heterocycles. The molecule has 0 aliphatic rings. The Bertz CT molecular complexity index is 1300. The maximum absolute atomic E-state index is 11.1. The molecule has 186 valence electrons. The monoisotopic (exact) mass is 482 g/mol. The molecule has 0 amide bonds. The number of carbonyl (C=O) groups is 1. The number of carbonyl (C=O) groups excluding carboxylic acids is 1. The van der Waals surface area contributed by atoms with Crippen LogP contribution >= 0.6 is 0 Å². The number of fused-ring (bicyclic) bond motifs is 1. The summed E-state index contributed by atoms with van der Waals surface area (Å²) in [5.74, 6) is 4.30. The van der Waals surface area contributed by atoms with Crippen LogP contribution in [0.2, 0.25) is 0 Å². The van der Waals surface area contributed by atoms with Gasteiger partial charge in [-0.2, -0.15) is 0 Å². The van der Waals surface area contributed by atoms with Crippen molar-refractivity contribution in [2.45, 2.75) is 52.4 Å². The number of Topliss-reactive ketones (excluding diaryl/α,β-unsaturated/α-hetero) is 1. The normalized spacial score (nSPS) is 11.1. The number of methoxy groups -OCH3 is 1. The first-order valence-corrected chi connectivity index (χ1v) is 12.2. The first-order valence-electron chi connectivity index (χ1n) is 12.2. The molecule has 0 saturated heterocycles. The van der Waals surface area contributed by atoms with Gasteiger partial charge in [-0.3, -0.25) is 0 Å². The number of unbranched alkanes of at least 4 members (excludes halogenated alkanes) is 3. The first kappa shape index (κ1) is 26.5. The van der Waals surface area contributed by atoms with Gasteiger partial charge < -0.3 is 20.2 Å². The molecule has 0 bridgehead atoms. The van der Waals surface area contributed by atoms with Crippen LogP contribution < -0.4 is 15.4 Å². The van der Waals surface area contributed by atoms with Crippen molar-refractivity contribution in [3.63, 3.8) is 0 Å². The SMILES string of the molecule is C#Cc1cccc(Nc2ncnc3cc(OC)c(/C(=C/C)NC(=C)CCCCCCC(C)=O)cc23)c1. The van der Waals surface area contributed by atoms with E-state index in [1.165, 1.54) is 6.33 Å². The van der Waals surface area contributed by atoms with Gasteiger partial charge in [0.25, 0.3) is 0 Å². The lowest BCUT2D eigenvalue weighted by Gasteiger charge is -2.18. The van der Waals surface area contributed by atoms with Gasteiger partial charge in [-0.05, 0) is 57.4 Å². The third-order valence-electron chi connectivity index (χ3n) is 5.90. The van der Waals surface area contributed by atoms with Crippen molar-refractivity contribution in [3.8, 4) is 18.1 Å². The summed E-state index contributed by atoms with van der Waals surface area (Å²) in [5.41, 5.74) is 5.14. The summed E-state index contributed by atoms with van der Waals surface area (Å²) in [6.07, 6.45) is 14.7. The van der Waals surface area contributed by atoms with Crippen molar-refractivity contribution in [2.75, 3.05) is 12.4 Å². The number of rotatable bonds is 13. The number of aromatic nitrogens is 2. The van der Waals surface area contributed by atoms with E-state index >= 15 is 0 Å². The zero-order valence-electron chi connectivity index (χ0n) is 21.4. The number of terminal acetylenes is 1. The molecular formula is C30H34N4O2. The minimum Gasteiger partial charge on any atom is -0.496 e. The molecule has 1 heterocycles. The smallest absolute Gasteiger partial charge is 0.141 e. The Balaban J connectivity index is 1.79. The predicted octanol–water partition coefficient (Wildman–Crippen LogP) is 6.76. The lowest BCUT2D eigenvalue weighted by molar-refractivity contribution is -0.117. The molecule has 2 N–H and O–H groups in total. The van der Waals surface area contributed by atoms with Crippen LogP contribution in [0.4, 0.5) is 11.5 Å². The number of benzene rings is 2. The van der Waals surface area contributed by atoms with Gasteiger partial charge in [-0.15, -0.1) is 6.42 Å². The number of nitrogens with zero attached hydrogens (tertiary/aromatic N) is 2. The van der Waals surface area contributed by atoms with Crippen LogP contribution in [0.15, 0.2) is 61.1 Å².